The number of amides is 6. The number of aromatic hydroxyl groups is 1. The van der Waals surface area contributed by atoms with E-state index in [0.717, 1.165) is 0 Å². The van der Waals surface area contributed by atoms with Gasteiger partial charge in [0.15, 0.2) is 0 Å². The van der Waals surface area contributed by atoms with Crippen LogP contribution in [-0.2, 0) is 41.6 Å². The fourth-order valence-corrected chi connectivity index (χ4v) is 5.34. The lowest BCUT2D eigenvalue weighted by Gasteiger charge is -2.29. The van der Waals surface area contributed by atoms with Gasteiger partial charge in [-0.15, -0.1) is 0 Å². The summed E-state index contributed by atoms with van der Waals surface area (Å²) in [5.74, 6) is -4.86. The molecule has 3 rings (SSSR count). The molecule has 1 aliphatic rings. The van der Waals surface area contributed by atoms with E-state index in [1.54, 1.807) is 56.3 Å². The van der Waals surface area contributed by atoms with Gasteiger partial charge < -0.3 is 42.1 Å². The third kappa shape index (κ3) is 11.9. The Hall–Kier alpha value is -4.98. The molecule has 0 radical (unpaired) electrons. The summed E-state index contributed by atoms with van der Waals surface area (Å²) in [7, 11) is 0. The Morgan fingerprint density at radius 1 is 0.612 bits per heavy atom. The summed E-state index contributed by atoms with van der Waals surface area (Å²) >= 11 is 0. The maximum absolute atomic E-state index is 13.9. The lowest BCUT2D eigenvalue weighted by atomic mass is 9.98. The number of phenols is 1. The third-order valence-electron chi connectivity index (χ3n) is 8.02. The summed E-state index contributed by atoms with van der Waals surface area (Å²) in [5.41, 5.74) is 1.30. The molecular formula is C35H48N6O8. The van der Waals surface area contributed by atoms with E-state index in [4.69, 9.17) is 0 Å². The summed E-state index contributed by atoms with van der Waals surface area (Å²) < 4.78 is 0. The molecule has 14 heteroatoms. The number of aliphatic hydroxyl groups is 1. The van der Waals surface area contributed by atoms with Gasteiger partial charge in [0.1, 0.15) is 36.0 Å². The van der Waals surface area contributed by atoms with Crippen LogP contribution in [0.5, 0.6) is 5.75 Å². The third-order valence-corrected chi connectivity index (χ3v) is 8.02. The average molecular weight is 681 g/mol. The average Bonchev–Trinajstić information content (AvgIpc) is 3.04. The van der Waals surface area contributed by atoms with Gasteiger partial charge in [-0.1, -0.05) is 70.2 Å². The standard InChI is InChI=1S/C35H48N6O8/c1-19(2)15-25-31(45)38-27(17-23-11-13-24(43)14-12-23)33(47)41-29(20(3)4)34(48)36-18-28(44)40-30(21(5)42)35(49)39-26(32(46)37-25)16-22-9-7-6-8-10-22/h6-14,19-21,25-27,29-30,42-43H,15-18H2,1-5H3,(H,36,48)(H,37,46)(H,38,45)(H,39,49)(H,40,44)(H,41,47)/t21-,25+,26+,27+,29+,30+/m1/s1. The Balaban J connectivity index is 2.05. The molecule has 266 valence electrons. The predicted octanol–water partition coefficient (Wildman–Crippen LogP) is -0.186. The van der Waals surface area contributed by atoms with Crippen LogP contribution in [0.25, 0.3) is 0 Å². The molecule has 0 aliphatic carbocycles. The summed E-state index contributed by atoms with van der Waals surface area (Å²) in [6.45, 7) is 7.82. The topological polar surface area (TPSA) is 215 Å². The highest BCUT2D eigenvalue weighted by Gasteiger charge is 2.35. The molecule has 6 atom stereocenters. The minimum Gasteiger partial charge on any atom is -0.508 e. The second-order valence-electron chi connectivity index (χ2n) is 13.1. The lowest BCUT2D eigenvalue weighted by Crippen LogP contribution is -2.62. The van der Waals surface area contributed by atoms with Crippen molar-refractivity contribution in [1.29, 1.82) is 0 Å². The highest BCUT2D eigenvalue weighted by molar-refractivity contribution is 5.97. The van der Waals surface area contributed by atoms with Crippen molar-refractivity contribution in [2.24, 2.45) is 11.8 Å². The molecule has 0 spiro atoms. The van der Waals surface area contributed by atoms with Gasteiger partial charge in [-0.05, 0) is 48.4 Å². The van der Waals surface area contributed by atoms with Crippen molar-refractivity contribution < 1.29 is 39.0 Å². The molecule has 1 fully saturated rings. The van der Waals surface area contributed by atoms with E-state index in [0.29, 0.717) is 11.1 Å². The highest BCUT2D eigenvalue weighted by Crippen LogP contribution is 2.14. The normalized spacial score (nSPS) is 24.0. The Labute approximate surface area is 286 Å². The van der Waals surface area contributed by atoms with Crippen LogP contribution in [0, 0.1) is 11.8 Å². The van der Waals surface area contributed by atoms with Crippen LogP contribution in [0.4, 0.5) is 0 Å². The minimum absolute atomic E-state index is 0.0114. The van der Waals surface area contributed by atoms with Crippen LogP contribution >= 0.6 is 0 Å². The molecule has 49 heavy (non-hydrogen) atoms. The smallest absolute Gasteiger partial charge is 0.245 e. The largest absolute Gasteiger partial charge is 0.508 e. The number of aliphatic hydroxyl groups excluding tert-OH is 1. The van der Waals surface area contributed by atoms with Crippen LogP contribution in [0.3, 0.4) is 0 Å². The molecule has 2 aromatic carbocycles. The van der Waals surface area contributed by atoms with Gasteiger partial charge in [-0.2, -0.15) is 0 Å². The van der Waals surface area contributed by atoms with E-state index in [9.17, 15) is 39.0 Å². The maximum Gasteiger partial charge on any atom is 0.245 e. The Morgan fingerprint density at radius 2 is 1.12 bits per heavy atom. The van der Waals surface area contributed by atoms with Crippen LogP contribution in [0.15, 0.2) is 54.6 Å². The predicted molar refractivity (Wildman–Crippen MR) is 181 cm³/mol. The van der Waals surface area contributed by atoms with E-state index < -0.39 is 84.2 Å². The van der Waals surface area contributed by atoms with E-state index >= 15 is 0 Å². The van der Waals surface area contributed by atoms with Gasteiger partial charge in [-0.3, -0.25) is 28.8 Å². The number of hydrogen-bond donors (Lipinski definition) is 8. The molecule has 0 bridgehead atoms. The first-order valence-corrected chi connectivity index (χ1v) is 16.4. The maximum atomic E-state index is 13.9. The molecule has 1 aliphatic heterocycles. The van der Waals surface area contributed by atoms with E-state index in [1.165, 1.54) is 19.1 Å². The summed E-state index contributed by atoms with van der Waals surface area (Å²) in [6, 6.07) is 8.76. The van der Waals surface area contributed by atoms with Crippen molar-refractivity contribution in [2.75, 3.05) is 6.54 Å². The molecule has 0 aromatic heterocycles. The molecular weight excluding hydrogens is 632 g/mol. The summed E-state index contributed by atoms with van der Waals surface area (Å²) in [6.07, 6.45) is -1.19. The fraction of sp³-hybridized carbons (Fsp3) is 0.486. The molecule has 2 aromatic rings. The van der Waals surface area contributed by atoms with Crippen molar-refractivity contribution in [1.82, 2.24) is 31.9 Å². The van der Waals surface area contributed by atoms with Crippen LogP contribution in [0.1, 0.15) is 52.2 Å². The summed E-state index contributed by atoms with van der Waals surface area (Å²) in [5, 5.41) is 35.8. The second kappa shape index (κ2) is 18.0. The second-order valence-corrected chi connectivity index (χ2v) is 13.1. The van der Waals surface area contributed by atoms with Gasteiger partial charge in [0.2, 0.25) is 35.4 Å². The lowest BCUT2D eigenvalue weighted by molar-refractivity contribution is -0.137. The van der Waals surface area contributed by atoms with Crippen molar-refractivity contribution in [3.05, 3.63) is 65.7 Å². The zero-order chi connectivity index (χ0) is 36.2. The van der Waals surface area contributed by atoms with Crippen LogP contribution < -0.4 is 31.9 Å². The van der Waals surface area contributed by atoms with E-state index in [2.05, 4.69) is 31.9 Å². The molecule has 6 amide bonds. The first-order valence-electron chi connectivity index (χ1n) is 16.4. The number of rotatable bonds is 8. The minimum atomic E-state index is -1.48. The van der Waals surface area contributed by atoms with Gasteiger partial charge >= 0.3 is 0 Å². The van der Waals surface area contributed by atoms with Gasteiger partial charge in [0.25, 0.3) is 0 Å². The fourth-order valence-electron chi connectivity index (χ4n) is 5.34. The van der Waals surface area contributed by atoms with Crippen molar-refractivity contribution in [2.45, 2.75) is 90.2 Å². The van der Waals surface area contributed by atoms with Crippen LogP contribution in [-0.4, -0.2) is 88.5 Å². The first-order chi connectivity index (χ1) is 23.1. The van der Waals surface area contributed by atoms with Gasteiger partial charge in [0.05, 0.1) is 12.6 Å². The summed E-state index contributed by atoms with van der Waals surface area (Å²) in [4.78, 5) is 81.0. The Bertz CT molecular complexity index is 1460. The Morgan fingerprint density at radius 3 is 1.67 bits per heavy atom. The number of benzene rings is 2. The van der Waals surface area contributed by atoms with Crippen molar-refractivity contribution >= 4 is 35.4 Å². The van der Waals surface area contributed by atoms with Gasteiger partial charge in [-0.25, -0.2) is 0 Å². The zero-order valence-corrected chi connectivity index (χ0v) is 28.5. The monoisotopic (exact) mass is 680 g/mol. The molecule has 8 N–H and O–H groups in total. The molecule has 0 unspecified atom stereocenters. The number of hydrogen-bond acceptors (Lipinski definition) is 8. The van der Waals surface area contributed by atoms with E-state index in [-0.39, 0.29) is 30.9 Å². The first kappa shape index (κ1) is 38.5. The molecule has 14 nitrogen and oxygen atoms in total. The Kier molecular flexibility index (Phi) is 14.1. The van der Waals surface area contributed by atoms with Crippen LogP contribution in [0.2, 0.25) is 0 Å². The molecule has 1 saturated heterocycles. The number of phenolic OH excluding ortho intramolecular Hbond substituents is 1. The molecule has 1 heterocycles. The van der Waals surface area contributed by atoms with Gasteiger partial charge in [0, 0.05) is 12.8 Å². The SMILES string of the molecule is CC(C)C[C@@H]1NC(=O)[C@H](Cc2ccccc2)NC(=O)[C@H]([C@@H](C)O)NC(=O)CNC(=O)[C@H](C(C)C)NC(=O)[C@H](Cc2ccc(O)cc2)NC1=O. The van der Waals surface area contributed by atoms with E-state index in [1.807, 2.05) is 13.8 Å². The number of carbonyl (C=O) groups excluding carboxylic acids is 6. The quantitative estimate of drug-likeness (QED) is 0.187. The zero-order valence-electron chi connectivity index (χ0n) is 28.5. The number of nitrogens with one attached hydrogen (secondary N) is 6. The highest BCUT2D eigenvalue weighted by atomic mass is 16.3. The number of carbonyl (C=O) groups is 6. The molecule has 0 saturated carbocycles. The van der Waals surface area contributed by atoms with Crippen molar-refractivity contribution in [3.8, 4) is 5.75 Å². The van der Waals surface area contributed by atoms with Crippen molar-refractivity contribution in [3.63, 3.8) is 0 Å².